The number of carbonyl (C=O) groups is 2. The van der Waals surface area contributed by atoms with Gasteiger partial charge in [-0.25, -0.2) is 9.59 Å². The molecule has 0 aromatic heterocycles. The standard InChI is InChI=1S/C30H47N3O4/c1-28(2,3)36-26(34)32-23-14-12-22(13-15-23)31-19-30(16-17-30)20-33(27(35)37-29(4,5)6)25-18-24(25)21-10-8-7-9-11-21/h7-11,22-25,31H,12-20H2,1-6H3,(H,32,34)/t22?,23?,24?,25-/m0/s1. The fourth-order valence-corrected chi connectivity index (χ4v) is 5.43. The number of rotatable bonds is 8. The molecule has 206 valence electrons. The Kier molecular flexibility index (Phi) is 8.13. The smallest absolute Gasteiger partial charge is 0.410 e. The summed E-state index contributed by atoms with van der Waals surface area (Å²) in [6, 6.07) is 11.4. The lowest BCUT2D eigenvalue weighted by Crippen LogP contribution is -2.47. The maximum atomic E-state index is 13.3. The zero-order chi connectivity index (χ0) is 26.8. The summed E-state index contributed by atoms with van der Waals surface area (Å²) in [6.07, 6.45) is 6.74. The predicted octanol–water partition coefficient (Wildman–Crippen LogP) is 5.99. The van der Waals surface area contributed by atoms with Gasteiger partial charge in [0.15, 0.2) is 0 Å². The van der Waals surface area contributed by atoms with Gasteiger partial charge in [-0.1, -0.05) is 30.3 Å². The van der Waals surface area contributed by atoms with Gasteiger partial charge in [0.2, 0.25) is 0 Å². The summed E-state index contributed by atoms with van der Waals surface area (Å²) in [5.41, 5.74) is 0.455. The van der Waals surface area contributed by atoms with E-state index in [-0.39, 0.29) is 29.7 Å². The van der Waals surface area contributed by atoms with Crippen LogP contribution in [0.3, 0.4) is 0 Å². The van der Waals surface area contributed by atoms with E-state index in [1.54, 1.807) is 0 Å². The Balaban J connectivity index is 1.28. The number of carbonyl (C=O) groups excluding carboxylic acids is 2. The highest BCUT2D eigenvalue weighted by atomic mass is 16.6. The van der Waals surface area contributed by atoms with E-state index in [2.05, 4.69) is 34.9 Å². The van der Waals surface area contributed by atoms with Crippen molar-refractivity contribution in [2.45, 2.75) is 122 Å². The molecule has 7 heteroatoms. The van der Waals surface area contributed by atoms with E-state index in [0.29, 0.717) is 12.0 Å². The lowest BCUT2D eigenvalue weighted by molar-refractivity contribution is 0.0185. The fraction of sp³-hybridized carbons (Fsp3) is 0.733. The summed E-state index contributed by atoms with van der Waals surface area (Å²) >= 11 is 0. The van der Waals surface area contributed by atoms with Crippen molar-refractivity contribution in [3.63, 3.8) is 0 Å². The molecule has 2 amide bonds. The lowest BCUT2D eigenvalue weighted by Gasteiger charge is -2.33. The predicted molar refractivity (Wildman–Crippen MR) is 146 cm³/mol. The highest BCUT2D eigenvalue weighted by Gasteiger charge is 2.52. The van der Waals surface area contributed by atoms with E-state index >= 15 is 0 Å². The number of ether oxygens (including phenoxy) is 2. The highest BCUT2D eigenvalue weighted by molar-refractivity contribution is 5.70. The molecule has 0 saturated heterocycles. The summed E-state index contributed by atoms with van der Waals surface area (Å²) in [6.45, 7) is 13.1. The molecule has 0 bridgehead atoms. The second-order valence-electron chi connectivity index (χ2n) is 13.5. The van der Waals surface area contributed by atoms with Crippen molar-refractivity contribution in [1.82, 2.24) is 15.5 Å². The van der Waals surface area contributed by atoms with E-state index in [0.717, 1.165) is 58.0 Å². The third-order valence-corrected chi connectivity index (χ3v) is 7.69. The number of hydrogen-bond donors (Lipinski definition) is 2. The molecule has 0 heterocycles. The van der Waals surface area contributed by atoms with Gasteiger partial charge in [0.25, 0.3) is 0 Å². The normalized spacial score (nSPS) is 26.6. The molecule has 37 heavy (non-hydrogen) atoms. The van der Waals surface area contributed by atoms with Crippen LogP contribution in [-0.4, -0.2) is 59.5 Å². The Labute approximate surface area is 223 Å². The number of nitrogens with zero attached hydrogens (tertiary/aromatic N) is 1. The van der Waals surface area contributed by atoms with Gasteiger partial charge in [0.05, 0.1) is 0 Å². The van der Waals surface area contributed by atoms with E-state index in [4.69, 9.17) is 9.47 Å². The van der Waals surface area contributed by atoms with Gasteiger partial charge in [-0.3, -0.25) is 0 Å². The van der Waals surface area contributed by atoms with E-state index in [1.807, 2.05) is 52.5 Å². The van der Waals surface area contributed by atoms with Crippen molar-refractivity contribution in [3.8, 4) is 0 Å². The molecule has 0 radical (unpaired) electrons. The van der Waals surface area contributed by atoms with Gasteiger partial charge < -0.3 is 25.0 Å². The van der Waals surface area contributed by atoms with Crippen LogP contribution in [0.1, 0.15) is 98.0 Å². The first-order chi connectivity index (χ1) is 17.3. The van der Waals surface area contributed by atoms with Crippen LogP contribution in [0.4, 0.5) is 9.59 Å². The van der Waals surface area contributed by atoms with Crippen LogP contribution in [0.5, 0.6) is 0 Å². The largest absolute Gasteiger partial charge is 0.444 e. The van der Waals surface area contributed by atoms with Crippen molar-refractivity contribution in [2.75, 3.05) is 13.1 Å². The maximum absolute atomic E-state index is 13.3. The summed E-state index contributed by atoms with van der Waals surface area (Å²) in [5, 5.41) is 6.84. The maximum Gasteiger partial charge on any atom is 0.410 e. The minimum absolute atomic E-state index is 0.131. The van der Waals surface area contributed by atoms with Crippen molar-refractivity contribution in [3.05, 3.63) is 35.9 Å². The van der Waals surface area contributed by atoms with Crippen molar-refractivity contribution in [2.24, 2.45) is 5.41 Å². The Hall–Kier alpha value is -2.28. The van der Waals surface area contributed by atoms with E-state index in [1.165, 1.54) is 5.56 Å². The van der Waals surface area contributed by atoms with Gasteiger partial charge in [-0.05, 0) is 92.1 Å². The molecule has 1 aromatic carbocycles. The first kappa shape index (κ1) is 27.7. The lowest BCUT2D eigenvalue weighted by atomic mass is 9.90. The quantitative estimate of drug-likeness (QED) is 0.447. The fourth-order valence-electron chi connectivity index (χ4n) is 5.43. The van der Waals surface area contributed by atoms with Crippen LogP contribution in [0.25, 0.3) is 0 Å². The molecule has 1 unspecified atom stereocenters. The van der Waals surface area contributed by atoms with Crippen molar-refractivity contribution >= 4 is 12.2 Å². The van der Waals surface area contributed by atoms with Crippen LogP contribution in [-0.2, 0) is 9.47 Å². The van der Waals surface area contributed by atoms with Crippen LogP contribution >= 0.6 is 0 Å². The highest BCUT2D eigenvalue weighted by Crippen LogP contribution is 2.51. The molecule has 2 atom stereocenters. The minimum Gasteiger partial charge on any atom is -0.444 e. The average Bonchev–Trinajstić information content (AvgIpc) is 3.71. The van der Waals surface area contributed by atoms with Gasteiger partial charge >= 0.3 is 12.2 Å². The van der Waals surface area contributed by atoms with Crippen molar-refractivity contribution < 1.29 is 19.1 Å². The number of hydrogen-bond acceptors (Lipinski definition) is 5. The zero-order valence-corrected chi connectivity index (χ0v) is 23.6. The summed E-state index contributed by atoms with van der Waals surface area (Å²) < 4.78 is 11.3. The molecule has 3 saturated carbocycles. The first-order valence-corrected chi connectivity index (χ1v) is 14.1. The molecule has 3 aliphatic carbocycles. The van der Waals surface area contributed by atoms with Gasteiger partial charge in [-0.2, -0.15) is 0 Å². The second-order valence-corrected chi connectivity index (χ2v) is 13.5. The zero-order valence-electron chi connectivity index (χ0n) is 23.6. The summed E-state index contributed by atoms with van der Waals surface area (Å²) in [4.78, 5) is 27.4. The van der Waals surface area contributed by atoms with E-state index in [9.17, 15) is 9.59 Å². The van der Waals surface area contributed by atoms with Gasteiger partial charge in [-0.15, -0.1) is 0 Å². The number of alkyl carbamates (subject to hydrolysis) is 1. The molecule has 7 nitrogen and oxygen atoms in total. The van der Waals surface area contributed by atoms with Gasteiger partial charge in [0.1, 0.15) is 11.2 Å². The Morgan fingerprint density at radius 2 is 1.51 bits per heavy atom. The number of nitrogens with one attached hydrogen (secondary N) is 2. The molecular formula is C30H47N3O4. The molecule has 3 fully saturated rings. The monoisotopic (exact) mass is 513 g/mol. The van der Waals surface area contributed by atoms with Crippen LogP contribution in [0.15, 0.2) is 30.3 Å². The molecule has 0 spiro atoms. The van der Waals surface area contributed by atoms with Gasteiger partial charge in [0, 0.05) is 42.5 Å². The molecule has 2 N–H and O–H groups in total. The summed E-state index contributed by atoms with van der Waals surface area (Å²) in [5.74, 6) is 0.394. The first-order valence-electron chi connectivity index (χ1n) is 14.1. The number of benzene rings is 1. The van der Waals surface area contributed by atoms with Crippen molar-refractivity contribution in [1.29, 1.82) is 0 Å². The Bertz CT molecular complexity index is 924. The molecule has 3 aliphatic rings. The molecule has 0 aliphatic heterocycles. The Morgan fingerprint density at radius 3 is 2.08 bits per heavy atom. The number of amides is 2. The van der Waals surface area contributed by atoms with Crippen LogP contribution < -0.4 is 10.6 Å². The average molecular weight is 514 g/mol. The third kappa shape index (κ3) is 8.36. The molecule has 4 rings (SSSR count). The summed E-state index contributed by atoms with van der Waals surface area (Å²) in [7, 11) is 0. The minimum atomic E-state index is -0.507. The van der Waals surface area contributed by atoms with Crippen LogP contribution in [0, 0.1) is 5.41 Å². The SMILES string of the molecule is CC(C)(C)OC(=O)NC1CCC(NCC2(CN(C(=O)OC(C)(C)C)[C@H]3CC3c3ccccc3)CC2)CC1. The molecule has 1 aromatic rings. The Morgan fingerprint density at radius 1 is 0.919 bits per heavy atom. The third-order valence-electron chi connectivity index (χ3n) is 7.69. The van der Waals surface area contributed by atoms with E-state index < -0.39 is 11.2 Å². The second kappa shape index (κ2) is 10.8. The van der Waals surface area contributed by atoms with Crippen LogP contribution in [0.2, 0.25) is 0 Å². The molecular weight excluding hydrogens is 466 g/mol. The topological polar surface area (TPSA) is 79.9 Å².